The van der Waals surface area contributed by atoms with Gasteiger partial charge in [-0.25, -0.2) is 0 Å². The average molecular weight is 407 g/mol. The second-order valence-electron chi connectivity index (χ2n) is 5.93. The smallest absolute Gasteiger partial charge is 0.254 e. The number of thiophene rings is 1. The summed E-state index contributed by atoms with van der Waals surface area (Å²) < 4.78 is 10.7. The first-order valence-electron chi connectivity index (χ1n) is 8.56. The minimum atomic E-state index is -0.0762. The number of rotatable bonds is 8. The summed E-state index contributed by atoms with van der Waals surface area (Å²) in [6, 6.07) is 7.30. The molecule has 0 unspecified atom stereocenters. The van der Waals surface area contributed by atoms with Crippen molar-refractivity contribution in [2.75, 3.05) is 13.7 Å². The lowest BCUT2D eigenvalue weighted by atomic mass is 10.0. The second-order valence-corrected chi connectivity index (χ2v) is 7.29. The molecule has 0 atom stereocenters. The average Bonchev–Trinajstić information content (AvgIpc) is 3.35. The Balaban J connectivity index is 1.96. The van der Waals surface area contributed by atoms with Gasteiger partial charge in [0.1, 0.15) is 0 Å². The van der Waals surface area contributed by atoms with Crippen LogP contribution < -0.4 is 10.5 Å². The zero-order chi connectivity index (χ0) is 19.2. The zero-order valence-corrected chi connectivity index (χ0v) is 16.5. The lowest BCUT2D eigenvalue weighted by molar-refractivity contribution is -0.368. The molecular weight excluding hydrogens is 386 g/mol. The molecular formula is C19H21ClN3O3S+. The van der Waals surface area contributed by atoms with Crippen molar-refractivity contribution in [1.82, 2.24) is 10.1 Å². The number of nitrogens with zero attached hydrogens (tertiary/aromatic N) is 2. The van der Waals surface area contributed by atoms with Gasteiger partial charge in [0.05, 0.1) is 23.6 Å². The molecule has 2 heterocycles. The summed E-state index contributed by atoms with van der Waals surface area (Å²) in [5.74, 6) is 1.29. The molecule has 27 heavy (non-hydrogen) atoms. The molecule has 142 valence electrons. The fourth-order valence-electron chi connectivity index (χ4n) is 2.63. The van der Waals surface area contributed by atoms with Crippen LogP contribution in [0.1, 0.15) is 30.7 Å². The van der Waals surface area contributed by atoms with E-state index in [-0.39, 0.29) is 10.8 Å². The highest BCUT2D eigenvalue weighted by Crippen LogP contribution is 2.36. The Morgan fingerprint density at radius 3 is 2.96 bits per heavy atom. The summed E-state index contributed by atoms with van der Waals surface area (Å²) in [5.41, 5.74) is 5.58. The van der Waals surface area contributed by atoms with Crippen LogP contribution >= 0.6 is 22.9 Å². The fourth-order valence-corrected chi connectivity index (χ4v) is 3.50. The van der Waals surface area contributed by atoms with Gasteiger partial charge in [-0.1, -0.05) is 22.8 Å². The van der Waals surface area contributed by atoms with Crippen LogP contribution in [-0.2, 0) is 0 Å². The normalized spacial score (nSPS) is 11.7. The standard InChI is InChI=1S/C19H20ClN3O3S/c1-25-15-11-12(10-14(20)17(15)24)9-13(5-2-3-7-21)19-22-18(23-26-19)16-6-4-8-27-16/h4,6,8-11,24H,2-3,5,7,21H2,1H3/p+1/b13-9+. The molecule has 4 N–H and O–H groups in total. The van der Waals surface area contributed by atoms with Crippen LogP contribution in [0.4, 0.5) is 0 Å². The highest BCUT2D eigenvalue weighted by Gasteiger charge is 2.15. The third kappa shape index (κ3) is 4.68. The molecule has 0 spiro atoms. The number of phenols is 1. The molecule has 0 aliphatic heterocycles. The molecule has 6 nitrogen and oxygen atoms in total. The van der Waals surface area contributed by atoms with Crippen molar-refractivity contribution in [2.24, 2.45) is 0 Å². The minimum absolute atomic E-state index is 0.0762. The molecule has 0 saturated carbocycles. The maximum atomic E-state index is 9.93. The molecule has 0 amide bonds. The summed E-state index contributed by atoms with van der Waals surface area (Å²) in [7, 11) is 1.49. The van der Waals surface area contributed by atoms with E-state index in [1.54, 1.807) is 23.5 Å². The number of allylic oxidation sites excluding steroid dienone is 1. The van der Waals surface area contributed by atoms with Gasteiger partial charge in [0.2, 0.25) is 5.82 Å². The number of unbranched alkanes of at least 4 members (excludes halogenated alkanes) is 1. The van der Waals surface area contributed by atoms with Gasteiger partial charge >= 0.3 is 0 Å². The minimum Gasteiger partial charge on any atom is -0.503 e. The molecule has 0 saturated heterocycles. The van der Waals surface area contributed by atoms with E-state index < -0.39 is 0 Å². The lowest BCUT2D eigenvalue weighted by Crippen LogP contribution is -2.50. The maximum Gasteiger partial charge on any atom is 0.254 e. The molecule has 0 fully saturated rings. The van der Waals surface area contributed by atoms with Gasteiger partial charge in [-0.2, -0.15) is 4.98 Å². The van der Waals surface area contributed by atoms with Crippen LogP contribution in [-0.4, -0.2) is 28.9 Å². The molecule has 0 radical (unpaired) electrons. The Morgan fingerprint density at radius 1 is 1.41 bits per heavy atom. The fraction of sp³-hybridized carbons (Fsp3) is 0.263. The number of aromatic hydroxyl groups is 1. The van der Waals surface area contributed by atoms with Crippen LogP contribution in [0, 0.1) is 0 Å². The quantitative estimate of drug-likeness (QED) is 0.548. The van der Waals surface area contributed by atoms with E-state index in [1.165, 1.54) is 7.11 Å². The van der Waals surface area contributed by atoms with Gasteiger partial charge in [-0.15, -0.1) is 11.3 Å². The summed E-state index contributed by atoms with van der Waals surface area (Å²) in [4.78, 5) is 5.50. The number of phenolic OH excluding ortho intramolecular Hbond substituents is 1. The predicted octanol–water partition coefficient (Wildman–Crippen LogP) is 4.12. The van der Waals surface area contributed by atoms with Crippen molar-refractivity contribution in [3.05, 3.63) is 46.1 Å². The topological polar surface area (TPSA) is 96.0 Å². The van der Waals surface area contributed by atoms with Gasteiger partial charge in [0.25, 0.3) is 5.89 Å². The van der Waals surface area contributed by atoms with Gasteiger partial charge in [0.15, 0.2) is 11.5 Å². The lowest BCUT2D eigenvalue weighted by Gasteiger charge is -2.08. The van der Waals surface area contributed by atoms with Gasteiger partial charge in [0, 0.05) is 5.57 Å². The Morgan fingerprint density at radius 2 is 2.26 bits per heavy atom. The Kier molecular flexibility index (Phi) is 6.49. The first kappa shape index (κ1) is 19.4. The Hall–Kier alpha value is -2.35. The van der Waals surface area contributed by atoms with E-state index in [9.17, 15) is 5.11 Å². The molecule has 0 bridgehead atoms. The monoisotopic (exact) mass is 406 g/mol. The van der Waals surface area contributed by atoms with E-state index in [4.69, 9.17) is 20.9 Å². The Labute approximate surface area is 166 Å². The predicted molar refractivity (Wildman–Crippen MR) is 107 cm³/mol. The number of quaternary nitrogens is 1. The number of hydrogen-bond donors (Lipinski definition) is 2. The summed E-state index contributed by atoms with van der Waals surface area (Å²) in [5, 5.41) is 16.2. The van der Waals surface area contributed by atoms with Gasteiger partial charge < -0.3 is 20.1 Å². The van der Waals surface area contributed by atoms with E-state index in [2.05, 4.69) is 15.9 Å². The molecule has 0 aliphatic carbocycles. The summed E-state index contributed by atoms with van der Waals surface area (Å²) in [6.07, 6.45) is 4.66. The van der Waals surface area contributed by atoms with Crippen molar-refractivity contribution >= 4 is 34.6 Å². The van der Waals surface area contributed by atoms with Crippen molar-refractivity contribution in [3.63, 3.8) is 0 Å². The number of aromatic nitrogens is 2. The highest BCUT2D eigenvalue weighted by atomic mass is 35.5. The molecule has 3 rings (SSSR count). The first-order chi connectivity index (χ1) is 13.1. The SMILES string of the molecule is COc1cc(/C=C(\CCCC[NH3+])c2nc(-c3cccs3)no2)cc(Cl)c1O. The Bertz CT molecular complexity index is 922. The number of halogens is 1. The first-order valence-corrected chi connectivity index (χ1v) is 9.82. The van der Waals surface area contributed by atoms with Gasteiger partial charge in [-0.3, -0.25) is 0 Å². The maximum absolute atomic E-state index is 9.93. The summed E-state index contributed by atoms with van der Waals surface area (Å²) >= 11 is 7.67. The summed E-state index contributed by atoms with van der Waals surface area (Å²) in [6.45, 7) is 0.871. The molecule has 3 aromatic rings. The number of ether oxygens (including phenoxy) is 1. The van der Waals surface area contributed by atoms with E-state index in [0.29, 0.717) is 17.5 Å². The van der Waals surface area contributed by atoms with Crippen molar-refractivity contribution in [2.45, 2.75) is 19.3 Å². The van der Waals surface area contributed by atoms with E-state index in [1.807, 2.05) is 23.6 Å². The van der Waals surface area contributed by atoms with Crippen molar-refractivity contribution in [1.29, 1.82) is 0 Å². The third-order valence-electron chi connectivity index (χ3n) is 4.00. The number of hydrogen-bond acceptors (Lipinski definition) is 6. The third-order valence-corrected chi connectivity index (χ3v) is 5.15. The van der Waals surface area contributed by atoms with Crippen LogP contribution in [0.5, 0.6) is 11.5 Å². The van der Waals surface area contributed by atoms with Crippen LogP contribution in [0.25, 0.3) is 22.4 Å². The van der Waals surface area contributed by atoms with E-state index >= 15 is 0 Å². The van der Waals surface area contributed by atoms with Gasteiger partial charge in [-0.05, 0) is 54.5 Å². The molecule has 8 heteroatoms. The second kappa shape index (κ2) is 9.03. The van der Waals surface area contributed by atoms with Crippen LogP contribution in [0.3, 0.4) is 0 Å². The van der Waals surface area contributed by atoms with Crippen LogP contribution in [0.2, 0.25) is 5.02 Å². The molecule has 1 aromatic carbocycles. The number of methoxy groups -OCH3 is 1. The molecule has 0 aliphatic rings. The van der Waals surface area contributed by atoms with Crippen LogP contribution in [0.15, 0.2) is 34.2 Å². The van der Waals surface area contributed by atoms with Crippen molar-refractivity contribution < 1.29 is 20.1 Å². The number of benzene rings is 1. The highest BCUT2D eigenvalue weighted by molar-refractivity contribution is 7.13. The van der Waals surface area contributed by atoms with Crippen molar-refractivity contribution in [3.8, 4) is 22.2 Å². The zero-order valence-electron chi connectivity index (χ0n) is 14.9. The molecule has 2 aromatic heterocycles. The largest absolute Gasteiger partial charge is 0.503 e. The van der Waals surface area contributed by atoms with E-state index in [0.717, 1.165) is 41.8 Å².